The van der Waals surface area contributed by atoms with Gasteiger partial charge in [-0.3, -0.25) is 48.5 Å². The average molecular weight is 1910 g/mol. The summed E-state index contributed by atoms with van der Waals surface area (Å²) in [5.74, 6) is 1.53. The molecule has 0 bridgehead atoms. The van der Waals surface area contributed by atoms with Gasteiger partial charge in [0.05, 0.1) is 30.2 Å². The van der Waals surface area contributed by atoms with E-state index in [4.69, 9.17) is 33.4 Å². The van der Waals surface area contributed by atoms with Crippen molar-refractivity contribution in [3.8, 4) is 5.75 Å². The predicted molar refractivity (Wildman–Crippen MR) is 574 cm³/mol. The fourth-order valence-corrected chi connectivity index (χ4v) is 17.5. The molecule has 16 rings (SSSR count). The number of carbonyl (C=O) groups is 5. The molecular formula is C115H139N15O11. The molecule has 0 N–H and O–H groups in total. The fourth-order valence-electron chi connectivity index (χ4n) is 17.5. The summed E-state index contributed by atoms with van der Waals surface area (Å²) in [5.41, 5.74) is 20.4. The summed E-state index contributed by atoms with van der Waals surface area (Å²) in [5, 5.41) is 0. The van der Waals surface area contributed by atoms with Crippen molar-refractivity contribution in [3.63, 3.8) is 0 Å². The first-order chi connectivity index (χ1) is 68.2. The number of aryl methyl sites for hydroxylation is 5. The molecule has 0 aromatic heterocycles. The Kier molecular flexibility index (Phi) is 37.8. The van der Waals surface area contributed by atoms with Crippen molar-refractivity contribution < 1.29 is 52.4 Å². The average Bonchev–Trinajstić information content (AvgIpc) is 0.841. The Bertz CT molecular complexity index is 6080. The molecule has 9 aromatic carbocycles. The van der Waals surface area contributed by atoms with Gasteiger partial charge in [0.25, 0.3) is 29.5 Å². The third kappa shape index (κ3) is 26.6. The van der Waals surface area contributed by atoms with Crippen LogP contribution in [0.15, 0.2) is 260 Å². The zero-order chi connectivity index (χ0) is 101. The van der Waals surface area contributed by atoms with Crippen molar-refractivity contribution in [3.05, 3.63) is 296 Å². The molecule has 0 radical (unpaired) electrons. The van der Waals surface area contributed by atoms with E-state index in [0.717, 1.165) is 133 Å². The van der Waals surface area contributed by atoms with Gasteiger partial charge in [-0.2, -0.15) is 15.0 Å². The Labute approximate surface area is 833 Å². The molecule has 0 saturated carbocycles. The number of rotatable bonds is 29. The number of para-hydroxylation sites is 1. The highest BCUT2D eigenvalue weighted by molar-refractivity contribution is 6.15. The number of carbonyl (C=O) groups excluding carboxylic acids is 5. The molecule has 1 atom stereocenters. The minimum atomic E-state index is -0.187. The van der Waals surface area contributed by atoms with E-state index in [1.807, 2.05) is 209 Å². The highest BCUT2D eigenvalue weighted by Gasteiger charge is 2.39. The molecule has 5 saturated heterocycles. The van der Waals surface area contributed by atoms with Crippen LogP contribution in [0.3, 0.4) is 0 Å². The van der Waals surface area contributed by atoms with Crippen LogP contribution in [-0.2, 0) is 60.5 Å². The van der Waals surface area contributed by atoms with Gasteiger partial charge in [-0.15, -0.1) is 0 Å². The molecule has 5 fully saturated rings. The van der Waals surface area contributed by atoms with E-state index < -0.39 is 0 Å². The first-order valence-corrected chi connectivity index (χ1v) is 49.9. The molecule has 7 aliphatic rings. The first kappa shape index (κ1) is 105. The molecule has 26 heteroatoms. The number of aliphatic imine (C=N–C) groups is 5. The van der Waals surface area contributed by atoms with E-state index in [2.05, 4.69) is 180 Å². The Hall–Kier alpha value is -14.8. The van der Waals surface area contributed by atoms with Gasteiger partial charge in [0.15, 0.2) is 28.8 Å². The molecule has 26 nitrogen and oxygen atoms in total. The van der Waals surface area contributed by atoms with Gasteiger partial charge in [-0.25, -0.2) is 9.98 Å². The lowest BCUT2D eigenvalue weighted by Gasteiger charge is -2.37. The van der Waals surface area contributed by atoms with Gasteiger partial charge in [-0.1, -0.05) is 115 Å². The molecule has 141 heavy (non-hydrogen) atoms. The molecule has 0 spiro atoms. The lowest BCUT2D eigenvalue weighted by atomic mass is 9.90. The van der Waals surface area contributed by atoms with Crippen molar-refractivity contribution in [2.45, 2.75) is 169 Å². The number of amidine groups is 5. The number of nitrogens with zero attached hydrogens (tertiary/aromatic N) is 15. The van der Waals surface area contributed by atoms with Gasteiger partial charge >= 0.3 is 30.1 Å². The summed E-state index contributed by atoms with van der Waals surface area (Å²) in [7, 11) is 1.62. The highest BCUT2D eigenvalue weighted by Crippen LogP contribution is 2.39. The SMILES string of the molecule is CCN1C(=O)/C(=C\c2cc3c4c(c2)CCCN4CCC3)OC1=NC(C)C.CCN1C(=O)/C(=C\c2ccc(N(CC)CC)cc2)OC1=NC(C)c1ccccc1.CCN1C(=O)/C(=C\c2ccc(N(CC)CC)cc2)OC1=Nc1c(C)cc(C)cc1C.CCN1C(=O)/C(=C\c2ccc(N(CC)CC)cc2)OC1=Nc1ccc(OC)cc1.CCN1C(=O)/C(=C\c2ccc(N(CC)CC)cc2)OC1=Nc1ccccc1. The molecule has 7 heterocycles. The zero-order valence-corrected chi connectivity index (χ0v) is 85.8. The van der Waals surface area contributed by atoms with E-state index in [0.29, 0.717) is 85.5 Å². The van der Waals surface area contributed by atoms with E-state index in [1.54, 1.807) is 51.0 Å². The second-order valence-corrected chi connectivity index (χ2v) is 34.7. The number of anilines is 5. The highest BCUT2D eigenvalue weighted by atomic mass is 16.5. The van der Waals surface area contributed by atoms with Crippen LogP contribution in [0.5, 0.6) is 5.75 Å². The number of methoxy groups -OCH3 is 1. The zero-order valence-electron chi connectivity index (χ0n) is 85.8. The number of hydrogen-bond acceptors (Lipinski definition) is 21. The summed E-state index contributed by atoms with van der Waals surface area (Å²) < 4.78 is 34.4. The summed E-state index contributed by atoms with van der Waals surface area (Å²) in [6.45, 7) is 51.3. The standard InChI is InChI=1S/C25H31N3O2.C24H29N3O2.C23H27N3O3.C22H25N3O2.C21H27N3O2/c1-7-27(8-2)21-12-10-20(11-13-21)16-22-24(29)28(9-3)25(30-22)26-23-18(5)14-17(4)15-19(23)6;1-5-26(6-2)21-15-13-19(14-16-21)17-22-23(28)27(7-3)24(29-22)25-18(4)20-11-9-8-10-12-20;1-5-25(6-2)19-12-8-17(9-13-19)16-21-22(27)26(7-3)23(29-21)24-18-10-14-20(28-4)15-11-18;1-4-24(5-2)19-14-12-17(13-15-19)16-20-21(26)25(6-3)22(27-20)23-18-10-8-7-9-11-18;1-4-24-20(25)18(26-21(24)22-14(2)3)13-15-11-16-7-5-9-23-10-6-8-17(12-15)19(16)23/h10-16H,7-9H2,1-6H3;8-18H,5-7H2,1-4H3;8-16H,5-7H2,1-4H3;7-16H,4-6H2,1-3H3;11-14H,4-10H2,1-3H3/b22-16+,26-25?;22-17+,25-24?;21-16+,24-23?;20-16+,23-22?;18-13+,22-21?. The Morgan fingerprint density at radius 3 is 0.965 bits per heavy atom. The molecule has 0 aliphatic carbocycles. The number of amides is 5. The van der Waals surface area contributed by atoms with Crippen LogP contribution >= 0.6 is 0 Å². The summed E-state index contributed by atoms with van der Waals surface area (Å²) in [6, 6.07) is 69.7. The quantitative estimate of drug-likeness (QED) is 0.0396. The lowest BCUT2D eigenvalue weighted by molar-refractivity contribution is -0.123. The molecule has 7 aliphatic heterocycles. The molecule has 5 amide bonds. The number of likely N-dealkylation sites (N-methyl/N-ethyl adjacent to an activating group) is 5. The van der Waals surface area contributed by atoms with Gasteiger partial charge in [0.2, 0.25) is 0 Å². The fraction of sp³-hybridized carbons (Fsp3) is 0.357. The van der Waals surface area contributed by atoms with Crippen molar-refractivity contribution in [1.82, 2.24) is 24.5 Å². The van der Waals surface area contributed by atoms with Crippen LogP contribution in [0.25, 0.3) is 30.4 Å². The normalized spacial score (nSPS) is 17.9. The minimum Gasteiger partial charge on any atom is -0.497 e. The van der Waals surface area contributed by atoms with Crippen molar-refractivity contribution >= 4 is 136 Å². The second kappa shape index (κ2) is 50.7. The van der Waals surface area contributed by atoms with E-state index >= 15 is 0 Å². The maximum absolute atomic E-state index is 12.9. The minimum absolute atomic E-state index is 0.0883. The number of hydrogen-bond donors (Lipinski definition) is 0. The molecule has 1 unspecified atom stereocenters. The van der Waals surface area contributed by atoms with Crippen LogP contribution in [0.4, 0.5) is 45.5 Å². The summed E-state index contributed by atoms with van der Waals surface area (Å²) in [4.78, 5) is 106. The second-order valence-electron chi connectivity index (χ2n) is 34.7. The smallest absolute Gasteiger partial charge is 0.305 e. The third-order valence-electron chi connectivity index (χ3n) is 25.0. The Morgan fingerprint density at radius 2 is 0.645 bits per heavy atom. The maximum Gasteiger partial charge on any atom is 0.305 e. The molecule has 9 aromatic rings. The van der Waals surface area contributed by atoms with Gasteiger partial charge < -0.3 is 52.9 Å². The van der Waals surface area contributed by atoms with Crippen molar-refractivity contribution in [1.29, 1.82) is 0 Å². The Morgan fingerprint density at radius 1 is 0.348 bits per heavy atom. The monoisotopic (exact) mass is 1910 g/mol. The lowest BCUT2D eigenvalue weighted by Crippen LogP contribution is -2.34. The number of ether oxygens (including phenoxy) is 6. The van der Waals surface area contributed by atoms with Gasteiger partial charge in [0, 0.05) is 133 Å². The van der Waals surface area contributed by atoms with Crippen LogP contribution < -0.4 is 29.2 Å². The third-order valence-corrected chi connectivity index (χ3v) is 25.0. The Balaban J connectivity index is 0.000000158. The topological polar surface area (TPSA) is 235 Å². The van der Waals surface area contributed by atoms with Crippen LogP contribution in [0.2, 0.25) is 0 Å². The molecule has 740 valence electrons. The maximum atomic E-state index is 12.9. The molecular weight excluding hydrogens is 1770 g/mol. The van der Waals surface area contributed by atoms with E-state index in [-0.39, 0.29) is 53.4 Å². The van der Waals surface area contributed by atoms with E-state index in [9.17, 15) is 24.0 Å². The first-order valence-electron chi connectivity index (χ1n) is 49.9. The van der Waals surface area contributed by atoms with Gasteiger partial charge in [-0.05, 0) is 340 Å². The summed E-state index contributed by atoms with van der Waals surface area (Å²) >= 11 is 0. The largest absolute Gasteiger partial charge is 0.497 e. The predicted octanol–water partition coefficient (Wildman–Crippen LogP) is 22.5. The summed E-state index contributed by atoms with van der Waals surface area (Å²) in [6.07, 6.45) is 13.6. The van der Waals surface area contributed by atoms with Crippen molar-refractivity contribution in [2.75, 3.05) is 130 Å². The van der Waals surface area contributed by atoms with Gasteiger partial charge in [0.1, 0.15) is 5.75 Å². The number of benzene rings is 9. The van der Waals surface area contributed by atoms with Crippen molar-refractivity contribution in [2.24, 2.45) is 25.0 Å². The van der Waals surface area contributed by atoms with Crippen LogP contribution in [-0.4, -0.2) is 195 Å². The van der Waals surface area contributed by atoms with Crippen LogP contribution in [0.1, 0.15) is 191 Å². The van der Waals surface area contributed by atoms with E-state index in [1.165, 1.54) is 70.3 Å². The van der Waals surface area contributed by atoms with Crippen LogP contribution in [0, 0.1) is 20.8 Å².